The van der Waals surface area contributed by atoms with Crippen molar-refractivity contribution in [3.63, 3.8) is 0 Å². The molecular formula is C16H24N2O3. The maximum atomic E-state index is 11.4. The van der Waals surface area contributed by atoms with Crippen molar-refractivity contribution in [1.29, 1.82) is 0 Å². The molecule has 5 heteroatoms. The number of hydrogen-bond acceptors (Lipinski definition) is 4. The summed E-state index contributed by atoms with van der Waals surface area (Å²) in [5.74, 6) is 0.0700. The molecule has 1 saturated carbocycles. The molecule has 21 heavy (non-hydrogen) atoms. The van der Waals surface area contributed by atoms with Crippen LogP contribution in [0.2, 0.25) is 0 Å². The highest BCUT2D eigenvalue weighted by atomic mass is 16.5. The van der Waals surface area contributed by atoms with Crippen LogP contribution in [0.25, 0.3) is 0 Å². The van der Waals surface area contributed by atoms with Gasteiger partial charge in [-0.15, -0.1) is 0 Å². The van der Waals surface area contributed by atoms with E-state index in [4.69, 9.17) is 4.74 Å². The van der Waals surface area contributed by atoms with Gasteiger partial charge in [0.1, 0.15) is 5.69 Å². The lowest BCUT2D eigenvalue weighted by atomic mass is 9.71. The van der Waals surface area contributed by atoms with E-state index in [0.717, 1.165) is 50.9 Å². The fourth-order valence-corrected chi connectivity index (χ4v) is 3.80. The van der Waals surface area contributed by atoms with Gasteiger partial charge in [0.15, 0.2) is 0 Å². The lowest BCUT2D eigenvalue weighted by molar-refractivity contribution is -0.0967. The summed E-state index contributed by atoms with van der Waals surface area (Å²) < 4.78 is 4.71. The molecule has 116 valence electrons. The molecule has 2 fully saturated rings. The third kappa shape index (κ3) is 2.99. The molecule has 2 unspecified atom stereocenters. The first kappa shape index (κ1) is 14.6. The van der Waals surface area contributed by atoms with Gasteiger partial charge in [0.05, 0.1) is 12.7 Å². The van der Waals surface area contributed by atoms with Gasteiger partial charge in [-0.2, -0.15) is 0 Å². The summed E-state index contributed by atoms with van der Waals surface area (Å²) in [4.78, 5) is 16.8. The number of fused-ring (bicyclic) bond motifs is 1. The van der Waals surface area contributed by atoms with Crippen LogP contribution in [-0.4, -0.2) is 46.8 Å². The molecule has 2 atom stereocenters. The van der Waals surface area contributed by atoms with Gasteiger partial charge < -0.3 is 14.8 Å². The number of methoxy groups -OCH3 is 1. The van der Waals surface area contributed by atoms with Crippen LogP contribution in [0, 0.1) is 5.92 Å². The van der Waals surface area contributed by atoms with Crippen LogP contribution in [-0.2, 0) is 11.3 Å². The minimum atomic E-state index is -0.427. The minimum absolute atomic E-state index is 0.332. The zero-order valence-electron chi connectivity index (χ0n) is 12.6. The fourth-order valence-electron chi connectivity index (χ4n) is 3.80. The molecule has 1 aliphatic heterocycles. The Morgan fingerprint density at radius 3 is 3.19 bits per heavy atom. The molecule has 0 radical (unpaired) electrons. The van der Waals surface area contributed by atoms with Crippen LogP contribution in [0.5, 0.6) is 0 Å². The highest BCUT2D eigenvalue weighted by Crippen LogP contribution is 2.40. The third-order valence-electron chi connectivity index (χ3n) is 5.07. The van der Waals surface area contributed by atoms with Crippen molar-refractivity contribution in [3.05, 3.63) is 23.5 Å². The molecule has 1 aliphatic carbocycles. The number of esters is 1. The molecule has 1 aromatic heterocycles. The van der Waals surface area contributed by atoms with Crippen LogP contribution < -0.4 is 0 Å². The van der Waals surface area contributed by atoms with E-state index < -0.39 is 5.60 Å². The molecule has 2 aliphatic rings. The lowest BCUT2D eigenvalue weighted by Gasteiger charge is -2.47. The van der Waals surface area contributed by atoms with E-state index in [-0.39, 0.29) is 5.97 Å². The van der Waals surface area contributed by atoms with Crippen molar-refractivity contribution >= 4 is 5.97 Å². The highest BCUT2D eigenvalue weighted by Gasteiger charge is 2.42. The van der Waals surface area contributed by atoms with Crippen molar-refractivity contribution in [2.75, 3.05) is 20.2 Å². The summed E-state index contributed by atoms with van der Waals surface area (Å²) in [5, 5.41) is 10.7. The molecule has 0 bridgehead atoms. The molecule has 5 nitrogen and oxygen atoms in total. The monoisotopic (exact) mass is 292 g/mol. The van der Waals surface area contributed by atoms with Gasteiger partial charge in [-0.1, -0.05) is 12.8 Å². The van der Waals surface area contributed by atoms with Crippen LogP contribution in [0.3, 0.4) is 0 Å². The predicted octanol–water partition coefficient (Wildman–Crippen LogP) is 1.93. The summed E-state index contributed by atoms with van der Waals surface area (Å²) in [6.45, 7) is 2.70. The number of aromatic amines is 1. The number of ether oxygens (including phenoxy) is 1. The Morgan fingerprint density at radius 2 is 2.38 bits per heavy atom. The molecular weight excluding hydrogens is 268 g/mol. The summed E-state index contributed by atoms with van der Waals surface area (Å²) >= 11 is 0. The summed E-state index contributed by atoms with van der Waals surface area (Å²) in [6, 6.07) is 1.85. The molecule has 1 aromatic rings. The smallest absolute Gasteiger partial charge is 0.354 e. The largest absolute Gasteiger partial charge is 0.464 e. The number of piperidine rings is 1. The minimum Gasteiger partial charge on any atom is -0.464 e. The number of carbonyl (C=O) groups is 1. The first-order valence-corrected chi connectivity index (χ1v) is 7.81. The SMILES string of the molecule is COC(=O)c1cc(CN2CCC3(O)CCCCC3C2)c[nH]1. The Labute approximate surface area is 125 Å². The normalized spacial score (nSPS) is 29.9. The van der Waals surface area contributed by atoms with Crippen LogP contribution in [0.1, 0.15) is 48.2 Å². The van der Waals surface area contributed by atoms with Crippen LogP contribution in [0.4, 0.5) is 0 Å². The second-order valence-corrected chi connectivity index (χ2v) is 6.44. The number of nitrogens with zero attached hydrogens (tertiary/aromatic N) is 1. The van der Waals surface area contributed by atoms with E-state index >= 15 is 0 Å². The van der Waals surface area contributed by atoms with Crippen LogP contribution in [0.15, 0.2) is 12.3 Å². The molecule has 0 amide bonds. The molecule has 1 saturated heterocycles. The fraction of sp³-hybridized carbons (Fsp3) is 0.688. The van der Waals surface area contributed by atoms with E-state index in [2.05, 4.69) is 9.88 Å². The molecule has 2 N–H and O–H groups in total. The summed E-state index contributed by atoms with van der Waals surface area (Å²) in [5.41, 5.74) is 1.17. The lowest BCUT2D eigenvalue weighted by Crippen LogP contribution is -2.52. The number of aliphatic hydroxyl groups is 1. The van der Waals surface area contributed by atoms with E-state index in [0.29, 0.717) is 11.6 Å². The van der Waals surface area contributed by atoms with E-state index in [1.54, 1.807) is 0 Å². The number of H-pyrrole nitrogens is 1. The van der Waals surface area contributed by atoms with Gasteiger partial charge in [-0.25, -0.2) is 4.79 Å². The molecule has 2 heterocycles. The second kappa shape index (κ2) is 5.81. The first-order valence-electron chi connectivity index (χ1n) is 7.81. The number of nitrogens with one attached hydrogen (secondary N) is 1. The number of aromatic nitrogens is 1. The number of hydrogen-bond donors (Lipinski definition) is 2. The maximum absolute atomic E-state index is 11.4. The van der Waals surface area contributed by atoms with Gasteiger partial charge in [0.25, 0.3) is 0 Å². The Hall–Kier alpha value is -1.33. The number of rotatable bonds is 3. The zero-order valence-corrected chi connectivity index (χ0v) is 12.6. The zero-order chi connectivity index (χ0) is 14.9. The number of carbonyl (C=O) groups excluding carboxylic acids is 1. The van der Waals surface area contributed by atoms with Gasteiger partial charge >= 0.3 is 5.97 Å². The summed E-state index contributed by atoms with van der Waals surface area (Å²) in [6.07, 6.45) is 7.22. The molecule has 0 aromatic carbocycles. The van der Waals surface area contributed by atoms with Crippen LogP contribution >= 0.6 is 0 Å². The average Bonchev–Trinajstić information content (AvgIpc) is 2.95. The highest BCUT2D eigenvalue weighted by molar-refractivity contribution is 5.87. The van der Waals surface area contributed by atoms with Gasteiger partial charge in [0, 0.05) is 31.7 Å². The second-order valence-electron chi connectivity index (χ2n) is 6.44. The quantitative estimate of drug-likeness (QED) is 0.836. The van der Waals surface area contributed by atoms with Crippen molar-refractivity contribution in [1.82, 2.24) is 9.88 Å². The Balaban J connectivity index is 1.61. The van der Waals surface area contributed by atoms with Gasteiger partial charge in [-0.05, 0) is 30.9 Å². The van der Waals surface area contributed by atoms with E-state index in [1.807, 2.05) is 12.3 Å². The third-order valence-corrected chi connectivity index (χ3v) is 5.07. The standard InChI is InChI=1S/C16H24N2O3/c1-21-15(19)14-8-12(9-17-14)10-18-7-6-16(20)5-3-2-4-13(16)11-18/h8-9,13,17,20H,2-7,10-11H2,1H3. The average molecular weight is 292 g/mol. The number of likely N-dealkylation sites (tertiary alicyclic amines) is 1. The summed E-state index contributed by atoms with van der Waals surface area (Å²) in [7, 11) is 1.39. The Bertz CT molecular complexity index is 513. The van der Waals surface area contributed by atoms with Crippen molar-refractivity contribution in [3.8, 4) is 0 Å². The predicted molar refractivity (Wildman–Crippen MR) is 78.9 cm³/mol. The van der Waals surface area contributed by atoms with Crippen molar-refractivity contribution < 1.29 is 14.6 Å². The van der Waals surface area contributed by atoms with Gasteiger partial charge in [0.2, 0.25) is 0 Å². The van der Waals surface area contributed by atoms with Crippen molar-refractivity contribution in [2.24, 2.45) is 5.92 Å². The Morgan fingerprint density at radius 1 is 1.52 bits per heavy atom. The van der Waals surface area contributed by atoms with E-state index in [1.165, 1.54) is 13.5 Å². The maximum Gasteiger partial charge on any atom is 0.354 e. The topological polar surface area (TPSA) is 65.6 Å². The molecule has 0 spiro atoms. The van der Waals surface area contributed by atoms with E-state index in [9.17, 15) is 9.90 Å². The van der Waals surface area contributed by atoms with Crippen molar-refractivity contribution in [2.45, 2.75) is 44.2 Å². The first-order chi connectivity index (χ1) is 10.1. The molecule has 3 rings (SSSR count). The Kier molecular flexibility index (Phi) is 4.04. The van der Waals surface area contributed by atoms with Gasteiger partial charge in [-0.3, -0.25) is 4.90 Å².